The number of aliphatic imine (C=N–C) groups is 1. The Morgan fingerprint density at radius 1 is 1.00 bits per heavy atom. The molecule has 0 amide bonds. The van der Waals surface area contributed by atoms with Crippen LogP contribution in [-0.4, -0.2) is 23.6 Å². The Labute approximate surface area is 185 Å². The molecule has 2 aromatic rings. The van der Waals surface area contributed by atoms with Crippen LogP contribution >= 0.6 is 24.0 Å². The number of hydrogen-bond donors (Lipinski definition) is 2. The fraction of sp³-hybridized carbons (Fsp3) is 0.455. The average molecular weight is 496 g/mol. The third-order valence-electron chi connectivity index (χ3n) is 4.38. The van der Waals surface area contributed by atoms with Gasteiger partial charge in [0, 0.05) is 31.9 Å². The zero-order valence-corrected chi connectivity index (χ0v) is 19.3. The normalized spacial score (nSPS) is 11.0. The molecule has 0 unspecified atom stereocenters. The summed E-state index contributed by atoms with van der Waals surface area (Å²) >= 11 is 0. The van der Waals surface area contributed by atoms with Crippen molar-refractivity contribution in [2.24, 2.45) is 4.99 Å². The first-order valence-corrected chi connectivity index (χ1v) is 9.92. The van der Waals surface area contributed by atoms with Gasteiger partial charge in [-0.3, -0.25) is 4.79 Å². The van der Waals surface area contributed by atoms with Crippen molar-refractivity contribution in [3.63, 3.8) is 0 Å². The second-order valence-electron chi connectivity index (χ2n) is 6.80. The largest absolute Gasteiger partial charge is 0.356 e. The number of guanidine groups is 1. The number of unbranched alkanes of at least 4 members (excludes halogenated alkanes) is 2. The lowest BCUT2D eigenvalue weighted by Crippen LogP contribution is -2.38. The molecule has 1 heterocycles. The zero-order chi connectivity index (χ0) is 19.3. The molecule has 0 saturated carbocycles. The molecule has 5 nitrogen and oxygen atoms in total. The molecular formula is C22H33IN4O. The van der Waals surface area contributed by atoms with E-state index in [4.69, 9.17) is 4.99 Å². The monoisotopic (exact) mass is 496 g/mol. The van der Waals surface area contributed by atoms with E-state index in [0.29, 0.717) is 6.54 Å². The Bertz CT molecular complexity index is 756. The topological polar surface area (TPSA) is 58.4 Å². The van der Waals surface area contributed by atoms with Gasteiger partial charge in [0.1, 0.15) is 0 Å². The number of aromatic nitrogens is 1. The molecule has 154 valence electrons. The number of pyridine rings is 1. The van der Waals surface area contributed by atoms with Gasteiger partial charge in [-0.05, 0) is 37.8 Å². The van der Waals surface area contributed by atoms with E-state index in [1.807, 2.05) is 12.3 Å². The van der Waals surface area contributed by atoms with E-state index in [-0.39, 0.29) is 29.5 Å². The number of nitrogens with zero attached hydrogens (tertiary/aromatic N) is 2. The van der Waals surface area contributed by atoms with Gasteiger partial charge in [0.2, 0.25) is 5.56 Å². The molecule has 2 rings (SSSR count). The Hall–Kier alpha value is -1.83. The van der Waals surface area contributed by atoms with Crippen molar-refractivity contribution in [1.29, 1.82) is 0 Å². The maximum Gasteiger partial charge on any atom is 0.250 e. The Morgan fingerprint density at radius 2 is 1.71 bits per heavy atom. The van der Waals surface area contributed by atoms with Crippen LogP contribution < -0.4 is 16.2 Å². The van der Waals surface area contributed by atoms with E-state index in [1.54, 1.807) is 16.7 Å². The summed E-state index contributed by atoms with van der Waals surface area (Å²) in [4.78, 5) is 16.4. The van der Waals surface area contributed by atoms with Crippen LogP contribution in [0.2, 0.25) is 0 Å². The van der Waals surface area contributed by atoms with Crippen LogP contribution in [0.25, 0.3) is 0 Å². The highest BCUT2D eigenvalue weighted by molar-refractivity contribution is 14.0. The summed E-state index contributed by atoms with van der Waals surface area (Å²) in [5, 5.41) is 6.82. The van der Waals surface area contributed by atoms with E-state index < -0.39 is 0 Å². The second-order valence-corrected chi connectivity index (χ2v) is 6.80. The third-order valence-corrected chi connectivity index (χ3v) is 4.38. The smallest absolute Gasteiger partial charge is 0.250 e. The molecule has 0 fully saturated rings. The maximum atomic E-state index is 11.7. The van der Waals surface area contributed by atoms with Crippen molar-refractivity contribution in [2.75, 3.05) is 13.1 Å². The highest BCUT2D eigenvalue weighted by Crippen LogP contribution is 2.04. The van der Waals surface area contributed by atoms with Crippen LogP contribution in [0.3, 0.4) is 0 Å². The SMILES string of the molecule is CCCCNC(=NCc1ccc(C)cc1)NCCCCn1ccccc1=O.I. The van der Waals surface area contributed by atoms with Gasteiger partial charge in [0.25, 0.3) is 0 Å². The Morgan fingerprint density at radius 3 is 2.39 bits per heavy atom. The van der Waals surface area contributed by atoms with Gasteiger partial charge in [-0.1, -0.05) is 49.2 Å². The lowest BCUT2D eigenvalue weighted by molar-refractivity contribution is 0.584. The van der Waals surface area contributed by atoms with Crippen LogP contribution in [0.15, 0.2) is 58.4 Å². The number of hydrogen-bond acceptors (Lipinski definition) is 2. The molecular weight excluding hydrogens is 463 g/mol. The summed E-state index contributed by atoms with van der Waals surface area (Å²) in [6.07, 6.45) is 6.07. The second kappa shape index (κ2) is 14.2. The predicted octanol–water partition coefficient (Wildman–Crippen LogP) is 4.09. The molecule has 1 aromatic heterocycles. The molecule has 0 aliphatic carbocycles. The molecule has 0 aliphatic heterocycles. The minimum absolute atomic E-state index is 0. The minimum atomic E-state index is 0. The van der Waals surface area contributed by atoms with Crippen molar-refractivity contribution in [3.8, 4) is 0 Å². The third kappa shape index (κ3) is 9.39. The van der Waals surface area contributed by atoms with Crippen molar-refractivity contribution in [3.05, 3.63) is 70.1 Å². The van der Waals surface area contributed by atoms with Crippen LogP contribution in [0.1, 0.15) is 43.7 Å². The molecule has 0 spiro atoms. The van der Waals surface area contributed by atoms with Gasteiger partial charge in [-0.15, -0.1) is 24.0 Å². The van der Waals surface area contributed by atoms with Crippen molar-refractivity contribution in [2.45, 2.75) is 52.6 Å². The summed E-state index contributed by atoms with van der Waals surface area (Å²) in [5.41, 5.74) is 2.53. The highest BCUT2D eigenvalue weighted by Gasteiger charge is 2.00. The maximum absolute atomic E-state index is 11.7. The fourth-order valence-corrected chi connectivity index (χ4v) is 2.68. The number of aryl methyl sites for hydroxylation is 2. The number of rotatable bonds is 10. The zero-order valence-electron chi connectivity index (χ0n) is 17.0. The summed E-state index contributed by atoms with van der Waals surface area (Å²) < 4.78 is 1.76. The van der Waals surface area contributed by atoms with Crippen molar-refractivity contribution < 1.29 is 0 Å². The van der Waals surface area contributed by atoms with E-state index in [1.165, 1.54) is 11.1 Å². The molecule has 1 aromatic carbocycles. The first-order chi connectivity index (χ1) is 13.2. The van der Waals surface area contributed by atoms with E-state index in [9.17, 15) is 4.79 Å². The van der Waals surface area contributed by atoms with Gasteiger partial charge in [-0.25, -0.2) is 4.99 Å². The van der Waals surface area contributed by atoms with Gasteiger partial charge in [0.05, 0.1) is 6.54 Å². The molecule has 6 heteroatoms. The van der Waals surface area contributed by atoms with Gasteiger partial charge in [0.15, 0.2) is 5.96 Å². The van der Waals surface area contributed by atoms with Crippen molar-refractivity contribution >= 4 is 29.9 Å². The fourth-order valence-electron chi connectivity index (χ4n) is 2.68. The number of halogens is 1. The van der Waals surface area contributed by atoms with E-state index in [0.717, 1.165) is 51.3 Å². The summed E-state index contributed by atoms with van der Waals surface area (Å²) in [5.74, 6) is 0.862. The molecule has 28 heavy (non-hydrogen) atoms. The Balaban J connectivity index is 0.00000392. The first kappa shape index (κ1) is 24.2. The summed E-state index contributed by atoms with van der Waals surface area (Å²) in [6, 6.07) is 13.8. The molecule has 0 aliphatic rings. The van der Waals surface area contributed by atoms with Gasteiger partial charge in [-0.2, -0.15) is 0 Å². The standard InChI is InChI=1S/C22H32N4O.HI/c1-3-4-14-23-22(25-18-20-12-10-19(2)11-13-20)24-15-6-8-17-26-16-7-5-9-21(26)27;/h5,7,9-13,16H,3-4,6,8,14-15,17-18H2,1-2H3,(H2,23,24,25);1H. The lowest BCUT2D eigenvalue weighted by atomic mass is 10.1. The predicted molar refractivity (Wildman–Crippen MR) is 129 cm³/mol. The molecule has 2 N–H and O–H groups in total. The highest BCUT2D eigenvalue weighted by atomic mass is 127. The van der Waals surface area contributed by atoms with E-state index >= 15 is 0 Å². The molecule has 0 atom stereocenters. The van der Waals surface area contributed by atoms with Crippen LogP contribution in [0.5, 0.6) is 0 Å². The summed E-state index contributed by atoms with van der Waals surface area (Å²) in [7, 11) is 0. The quantitative estimate of drug-likeness (QED) is 0.226. The van der Waals surface area contributed by atoms with Crippen LogP contribution in [-0.2, 0) is 13.1 Å². The molecule has 0 bridgehead atoms. The summed E-state index contributed by atoms with van der Waals surface area (Å²) in [6.45, 7) is 7.46. The van der Waals surface area contributed by atoms with Crippen LogP contribution in [0, 0.1) is 6.92 Å². The van der Waals surface area contributed by atoms with Crippen LogP contribution in [0.4, 0.5) is 0 Å². The van der Waals surface area contributed by atoms with Gasteiger partial charge >= 0.3 is 0 Å². The van der Waals surface area contributed by atoms with Crippen molar-refractivity contribution in [1.82, 2.24) is 15.2 Å². The first-order valence-electron chi connectivity index (χ1n) is 9.92. The number of benzene rings is 1. The number of nitrogens with one attached hydrogen (secondary N) is 2. The lowest BCUT2D eigenvalue weighted by Gasteiger charge is -2.13. The average Bonchev–Trinajstić information content (AvgIpc) is 2.68. The Kier molecular flexibility index (Phi) is 12.3. The minimum Gasteiger partial charge on any atom is -0.356 e. The van der Waals surface area contributed by atoms with Gasteiger partial charge < -0.3 is 15.2 Å². The molecule has 0 saturated heterocycles. The molecule has 0 radical (unpaired) electrons. The van der Waals surface area contributed by atoms with E-state index in [2.05, 4.69) is 48.7 Å².